The molecule has 7 heteroatoms. The average molecular weight is 571 g/mol. The molecule has 214 valence electrons. The van der Waals surface area contributed by atoms with Crippen molar-refractivity contribution < 1.29 is 23.9 Å². The maximum absolute atomic E-state index is 15.1. The van der Waals surface area contributed by atoms with Crippen molar-refractivity contribution in [2.45, 2.75) is 24.4 Å². The van der Waals surface area contributed by atoms with E-state index in [1.165, 1.54) is 0 Å². The van der Waals surface area contributed by atoms with Gasteiger partial charge in [0, 0.05) is 17.5 Å². The van der Waals surface area contributed by atoms with Crippen LogP contribution in [0.5, 0.6) is 11.5 Å². The number of hydrogen-bond acceptors (Lipinski definition) is 6. The molecule has 1 spiro atoms. The van der Waals surface area contributed by atoms with Crippen LogP contribution in [0.15, 0.2) is 103 Å². The monoisotopic (exact) mass is 570 g/mol. The number of ether oxygens (including phenoxy) is 2. The summed E-state index contributed by atoms with van der Waals surface area (Å²) in [7, 11) is 1.57. The van der Waals surface area contributed by atoms with Crippen molar-refractivity contribution >= 4 is 29.2 Å². The number of rotatable bonds is 7. The molecule has 0 radical (unpaired) electrons. The summed E-state index contributed by atoms with van der Waals surface area (Å²) in [6.45, 7) is 2.22. The van der Waals surface area contributed by atoms with Gasteiger partial charge in [-0.3, -0.25) is 14.4 Å². The van der Waals surface area contributed by atoms with Crippen LogP contribution in [-0.2, 0) is 10.2 Å². The molecule has 1 saturated heterocycles. The molecule has 1 amide bonds. The van der Waals surface area contributed by atoms with Crippen LogP contribution in [-0.4, -0.2) is 42.1 Å². The zero-order chi connectivity index (χ0) is 29.7. The SMILES string of the molecule is CCOc1ccccc1C(=O)[C@@H]1[C@H](C(=O)c2ccc(OC)cc2)N2C=Cc3ccccc3[C@H]2[C@@]12C(=O)Nc1ccccc12. The van der Waals surface area contributed by atoms with Crippen LogP contribution in [0.1, 0.15) is 50.4 Å². The average Bonchev–Trinajstić information content (AvgIpc) is 3.53. The van der Waals surface area contributed by atoms with E-state index in [-0.39, 0.29) is 17.5 Å². The van der Waals surface area contributed by atoms with Crippen molar-refractivity contribution in [3.8, 4) is 11.5 Å². The van der Waals surface area contributed by atoms with Crippen molar-refractivity contribution in [2.75, 3.05) is 19.0 Å². The second-order valence-corrected chi connectivity index (χ2v) is 11.0. The summed E-state index contributed by atoms with van der Waals surface area (Å²) >= 11 is 0. The lowest BCUT2D eigenvalue weighted by atomic mass is 9.62. The molecule has 7 rings (SSSR count). The Bertz CT molecular complexity index is 1800. The number of carbonyl (C=O) groups is 3. The van der Waals surface area contributed by atoms with Crippen molar-refractivity contribution in [1.29, 1.82) is 0 Å². The van der Waals surface area contributed by atoms with E-state index in [0.29, 0.717) is 40.5 Å². The van der Waals surface area contributed by atoms with E-state index in [0.717, 1.165) is 11.1 Å². The van der Waals surface area contributed by atoms with E-state index in [1.807, 2.05) is 78.7 Å². The number of para-hydroxylation sites is 2. The maximum Gasteiger partial charge on any atom is 0.238 e. The van der Waals surface area contributed by atoms with Gasteiger partial charge in [0.25, 0.3) is 0 Å². The summed E-state index contributed by atoms with van der Waals surface area (Å²) < 4.78 is 11.2. The molecule has 3 aliphatic heterocycles. The highest BCUT2D eigenvalue weighted by atomic mass is 16.5. The van der Waals surface area contributed by atoms with E-state index in [9.17, 15) is 9.59 Å². The molecule has 3 aliphatic rings. The molecule has 4 aromatic rings. The molecule has 43 heavy (non-hydrogen) atoms. The van der Waals surface area contributed by atoms with Crippen LogP contribution in [0.3, 0.4) is 0 Å². The number of carbonyl (C=O) groups excluding carboxylic acids is 3. The minimum Gasteiger partial charge on any atom is -0.497 e. The molecule has 3 heterocycles. The van der Waals surface area contributed by atoms with E-state index in [1.54, 1.807) is 49.6 Å². The molecule has 0 unspecified atom stereocenters. The lowest BCUT2D eigenvalue weighted by Gasteiger charge is -2.38. The van der Waals surface area contributed by atoms with Crippen molar-refractivity contribution in [3.63, 3.8) is 0 Å². The van der Waals surface area contributed by atoms with Gasteiger partial charge in [0.1, 0.15) is 23.0 Å². The van der Waals surface area contributed by atoms with Gasteiger partial charge >= 0.3 is 0 Å². The summed E-state index contributed by atoms with van der Waals surface area (Å²) in [6, 6.07) is 27.7. The summed E-state index contributed by atoms with van der Waals surface area (Å²) in [5, 5.41) is 3.08. The van der Waals surface area contributed by atoms with Crippen LogP contribution in [0, 0.1) is 5.92 Å². The summed E-state index contributed by atoms with van der Waals surface area (Å²) in [6.07, 6.45) is 3.82. The first-order valence-electron chi connectivity index (χ1n) is 14.4. The van der Waals surface area contributed by atoms with Crippen LogP contribution in [0.25, 0.3) is 6.08 Å². The predicted octanol–water partition coefficient (Wildman–Crippen LogP) is 6.08. The van der Waals surface area contributed by atoms with Gasteiger partial charge < -0.3 is 19.7 Å². The molecular weight excluding hydrogens is 540 g/mol. The maximum atomic E-state index is 15.1. The number of fused-ring (bicyclic) bond motifs is 6. The highest BCUT2D eigenvalue weighted by Crippen LogP contribution is 2.62. The Morgan fingerprint density at radius 2 is 1.60 bits per heavy atom. The lowest BCUT2D eigenvalue weighted by molar-refractivity contribution is -0.122. The fourth-order valence-electron chi connectivity index (χ4n) is 7.21. The fourth-order valence-corrected chi connectivity index (χ4v) is 7.21. The van der Waals surface area contributed by atoms with E-state index >= 15 is 4.79 Å². The first-order valence-corrected chi connectivity index (χ1v) is 14.4. The Labute approximate surface area is 249 Å². The fraction of sp³-hybridized carbons (Fsp3) is 0.194. The molecule has 1 fully saturated rings. The Kier molecular flexibility index (Phi) is 6.38. The predicted molar refractivity (Wildman–Crippen MR) is 163 cm³/mol. The molecular formula is C36H30N2O5. The summed E-state index contributed by atoms with van der Waals surface area (Å²) in [4.78, 5) is 46.3. The number of ketones is 2. The Hall–Kier alpha value is -5.17. The number of anilines is 1. The topological polar surface area (TPSA) is 84.9 Å². The molecule has 0 aliphatic carbocycles. The normalized spacial score (nSPS) is 22.9. The zero-order valence-electron chi connectivity index (χ0n) is 23.8. The molecule has 0 saturated carbocycles. The Balaban J connectivity index is 1.52. The molecule has 4 aromatic carbocycles. The quantitative estimate of drug-likeness (QED) is 0.271. The van der Waals surface area contributed by atoms with Crippen LogP contribution < -0.4 is 14.8 Å². The number of Topliss-reactive ketones (excluding diaryl/α,β-unsaturated/α-hetero) is 2. The second-order valence-electron chi connectivity index (χ2n) is 11.0. The minimum atomic E-state index is -1.40. The summed E-state index contributed by atoms with van der Waals surface area (Å²) in [5.41, 5.74) is 2.55. The smallest absolute Gasteiger partial charge is 0.238 e. The Morgan fingerprint density at radius 3 is 2.40 bits per heavy atom. The first-order chi connectivity index (χ1) is 21.0. The molecule has 0 aromatic heterocycles. The third-order valence-electron chi connectivity index (χ3n) is 8.95. The van der Waals surface area contributed by atoms with Crippen molar-refractivity contribution in [2.24, 2.45) is 5.92 Å². The van der Waals surface area contributed by atoms with Gasteiger partial charge in [-0.05, 0) is 72.2 Å². The van der Waals surface area contributed by atoms with Crippen LogP contribution in [0.2, 0.25) is 0 Å². The van der Waals surface area contributed by atoms with Gasteiger partial charge in [0.2, 0.25) is 5.91 Å². The van der Waals surface area contributed by atoms with Gasteiger partial charge in [0.15, 0.2) is 11.6 Å². The number of nitrogens with one attached hydrogen (secondary N) is 1. The van der Waals surface area contributed by atoms with Crippen molar-refractivity contribution in [1.82, 2.24) is 4.90 Å². The third-order valence-corrected chi connectivity index (χ3v) is 8.95. The van der Waals surface area contributed by atoms with Gasteiger partial charge in [-0.1, -0.05) is 54.6 Å². The highest BCUT2D eigenvalue weighted by molar-refractivity contribution is 6.17. The molecule has 1 N–H and O–H groups in total. The van der Waals surface area contributed by atoms with Crippen LogP contribution in [0.4, 0.5) is 5.69 Å². The zero-order valence-corrected chi connectivity index (χ0v) is 23.8. The van der Waals surface area contributed by atoms with Gasteiger partial charge in [-0.25, -0.2) is 0 Å². The standard InChI is InChI=1S/C36H30N2O5/c1-3-43-29-15-9-6-12-26(29)33(40)30-31(32(39)23-16-18-24(42-2)19-17-23)38-21-20-22-10-4-5-11-25(22)34(38)36(30)27-13-7-8-14-28(27)37-35(36)41/h4-21,30-31,34H,3H2,1-2H3,(H,37,41)/t30-,31+,34-,36-/m0/s1. The Morgan fingerprint density at radius 1 is 0.884 bits per heavy atom. The molecule has 7 nitrogen and oxygen atoms in total. The first kappa shape index (κ1) is 26.7. The molecule has 0 bridgehead atoms. The van der Waals surface area contributed by atoms with Gasteiger partial charge in [-0.2, -0.15) is 0 Å². The highest BCUT2D eigenvalue weighted by Gasteiger charge is 2.70. The van der Waals surface area contributed by atoms with E-state index < -0.39 is 23.4 Å². The lowest BCUT2D eigenvalue weighted by Crippen LogP contribution is -2.49. The number of hydrogen-bond donors (Lipinski definition) is 1. The number of amides is 1. The van der Waals surface area contributed by atoms with Gasteiger partial charge in [-0.15, -0.1) is 0 Å². The molecule has 4 atom stereocenters. The number of benzene rings is 4. The van der Waals surface area contributed by atoms with E-state index in [4.69, 9.17) is 9.47 Å². The number of nitrogens with zero attached hydrogens (tertiary/aromatic N) is 1. The largest absolute Gasteiger partial charge is 0.497 e. The van der Waals surface area contributed by atoms with E-state index in [2.05, 4.69) is 5.32 Å². The second kappa shape index (κ2) is 10.3. The van der Waals surface area contributed by atoms with Crippen molar-refractivity contribution in [3.05, 3.63) is 131 Å². The van der Waals surface area contributed by atoms with Crippen LogP contribution >= 0.6 is 0 Å². The van der Waals surface area contributed by atoms with Gasteiger partial charge in [0.05, 0.1) is 31.2 Å². The minimum absolute atomic E-state index is 0.252. The number of methoxy groups -OCH3 is 1. The summed E-state index contributed by atoms with van der Waals surface area (Å²) in [5.74, 6) is -0.903. The third kappa shape index (κ3) is 3.84.